The molecule has 0 radical (unpaired) electrons. The Balaban J connectivity index is 1.89. The highest BCUT2D eigenvalue weighted by atomic mass is 19.4. The van der Waals surface area contributed by atoms with Gasteiger partial charge in [0.25, 0.3) is 5.56 Å². The van der Waals surface area contributed by atoms with Crippen molar-refractivity contribution in [1.29, 1.82) is 0 Å². The van der Waals surface area contributed by atoms with Gasteiger partial charge >= 0.3 is 6.18 Å². The first kappa shape index (κ1) is 18.8. The number of alkyl halides is 3. The molecule has 1 fully saturated rings. The first-order chi connectivity index (χ1) is 12.7. The molecule has 0 spiro atoms. The second kappa shape index (κ2) is 6.98. The first-order valence-corrected chi connectivity index (χ1v) is 8.26. The van der Waals surface area contributed by atoms with E-state index in [2.05, 4.69) is 5.10 Å². The van der Waals surface area contributed by atoms with Crippen molar-refractivity contribution in [2.75, 3.05) is 11.4 Å². The molecule has 2 aromatic rings. The molecule has 142 valence electrons. The quantitative estimate of drug-likeness (QED) is 0.766. The Kier molecular flexibility index (Phi) is 4.86. The molecule has 0 N–H and O–H groups in total. The molecular weight excluding hydrogens is 363 g/mol. The molecule has 0 atom stereocenters. The highest BCUT2D eigenvalue weighted by molar-refractivity contribution is 5.99. The van der Waals surface area contributed by atoms with Gasteiger partial charge in [0.1, 0.15) is 12.1 Å². The normalized spacial score (nSPS) is 14.7. The van der Waals surface area contributed by atoms with Crippen LogP contribution in [0.1, 0.15) is 34.5 Å². The summed E-state index contributed by atoms with van der Waals surface area (Å²) in [6.07, 6.45) is -3.67. The number of ketones is 1. The number of hydrogen-bond donors (Lipinski definition) is 0. The first-order valence-electron chi connectivity index (χ1n) is 8.26. The Labute approximate surface area is 152 Å². The predicted octanol–water partition coefficient (Wildman–Crippen LogP) is 2.58. The van der Waals surface area contributed by atoms with Crippen molar-refractivity contribution < 1.29 is 22.8 Å². The van der Waals surface area contributed by atoms with Gasteiger partial charge < -0.3 is 4.90 Å². The average molecular weight is 379 g/mol. The maximum Gasteiger partial charge on any atom is 0.421 e. The summed E-state index contributed by atoms with van der Waals surface area (Å²) in [6, 6.07) is 6.90. The summed E-state index contributed by atoms with van der Waals surface area (Å²) in [4.78, 5) is 37.9. The number of carbonyl (C=O) groups is 2. The lowest BCUT2D eigenvalue weighted by Gasteiger charge is -2.16. The number of hydrogen-bond acceptors (Lipinski definition) is 4. The Bertz CT molecular complexity index is 966. The monoisotopic (exact) mass is 379 g/mol. The van der Waals surface area contributed by atoms with E-state index in [4.69, 9.17) is 0 Å². The third-order valence-corrected chi connectivity index (χ3v) is 4.25. The fourth-order valence-corrected chi connectivity index (χ4v) is 2.98. The van der Waals surface area contributed by atoms with Crippen LogP contribution in [0.5, 0.6) is 0 Å². The van der Waals surface area contributed by atoms with E-state index in [1.54, 1.807) is 17.0 Å². The predicted molar refractivity (Wildman–Crippen MR) is 90.6 cm³/mol. The van der Waals surface area contributed by atoms with E-state index in [0.717, 1.165) is 6.42 Å². The Morgan fingerprint density at radius 1 is 1.22 bits per heavy atom. The van der Waals surface area contributed by atoms with Crippen LogP contribution < -0.4 is 10.5 Å². The lowest BCUT2D eigenvalue weighted by molar-refractivity contribution is -0.139. The maximum absolute atomic E-state index is 13.0. The lowest BCUT2D eigenvalue weighted by Crippen LogP contribution is -2.33. The molecule has 2 heterocycles. The molecule has 6 nitrogen and oxygen atoms in total. The molecule has 1 aromatic heterocycles. The largest absolute Gasteiger partial charge is 0.421 e. The van der Waals surface area contributed by atoms with Crippen molar-refractivity contribution in [2.24, 2.45) is 0 Å². The van der Waals surface area contributed by atoms with Crippen LogP contribution in [0.15, 0.2) is 35.1 Å². The van der Waals surface area contributed by atoms with Gasteiger partial charge in [0.2, 0.25) is 5.91 Å². The standard InChI is InChI=1S/C18H16F3N3O3/c1-11-8-14(18(19,20)21)17(27)24(22-11)10-15(25)12-4-2-5-13(9-12)23-7-3-6-16(23)26/h2,4-5,8-9H,3,6-7,10H2,1H3. The van der Waals surface area contributed by atoms with Crippen molar-refractivity contribution in [3.8, 4) is 0 Å². The van der Waals surface area contributed by atoms with Gasteiger partial charge in [-0.15, -0.1) is 0 Å². The van der Waals surface area contributed by atoms with Gasteiger partial charge in [-0.3, -0.25) is 14.4 Å². The van der Waals surface area contributed by atoms with Crippen LogP contribution in [-0.2, 0) is 17.5 Å². The highest BCUT2D eigenvalue weighted by Crippen LogP contribution is 2.26. The zero-order valence-electron chi connectivity index (χ0n) is 14.4. The molecule has 9 heteroatoms. The summed E-state index contributed by atoms with van der Waals surface area (Å²) in [5.41, 5.74) is -2.02. The molecule has 1 aromatic carbocycles. The minimum absolute atomic E-state index is 0.0221. The van der Waals surface area contributed by atoms with Gasteiger partial charge in [0.05, 0.1) is 5.69 Å². The topological polar surface area (TPSA) is 72.3 Å². The molecule has 1 aliphatic rings. The van der Waals surface area contributed by atoms with Gasteiger partial charge in [-0.05, 0) is 31.5 Å². The number of anilines is 1. The van der Waals surface area contributed by atoms with Crippen molar-refractivity contribution in [2.45, 2.75) is 32.5 Å². The van der Waals surface area contributed by atoms with Crippen LogP contribution in [0.4, 0.5) is 18.9 Å². The number of aryl methyl sites for hydroxylation is 1. The van der Waals surface area contributed by atoms with E-state index in [1.807, 2.05) is 0 Å². The van der Waals surface area contributed by atoms with Crippen molar-refractivity contribution in [1.82, 2.24) is 9.78 Å². The highest BCUT2D eigenvalue weighted by Gasteiger charge is 2.35. The molecule has 0 bridgehead atoms. The van der Waals surface area contributed by atoms with E-state index in [-0.39, 0.29) is 17.2 Å². The fourth-order valence-electron chi connectivity index (χ4n) is 2.98. The third-order valence-electron chi connectivity index (χ3n) is 4.25. The summed E-state index contributed by atoms with van der Waals surface area (Å²) in [5.74, 6) is -0.622. The van der Waals surface area contributed by atoms with Gasteiger partial charge in [0, 0.05) is 24.2 Å². The van der Waals surface area contributed by atoms with Crippen LogP contribution in [0.25, 0.3) is 0 Å². The number of carbonyl (C=O) groups excluding carboxylic acids is 2. The molecule has 0 aliphatic carbocycles. The summed E-state index contributed by atoms with van der Waals surface area (Å²) < 4.78 is 39.4. The Hall–Kier alpha value is -2.97. The maximum atomic E-state index is 13.0. The number of amides is 1. The second-order valence-corrected chi connectivity index (χ2v) is 6.28. The molecule has 1 aliphatic heterocycles. The van der Waals surface area contributed by atoms with Gasteiger partial charge in [-0.25, -0.2) is 4.68 Å². The summed E-state index contributed by atoms with van der Waals surface area (Å²) in [6.45, 7) is 1.24. The SMILES string of the molecule is Cc1cc(C(F)(F)F)c(=O)n(CC(=O)c2cccc(N3CCCC3=O)c2)n1. The van der Waals surface area contributed by atoms with Crippen LogP contribution in [0.2, 0.25) is 0 Å². The van der Waals surface area contributed by atoms with Crippen molar-refractivity contribution in [3.63, 3.8) is 0 Å². The minimum atomic E-state index is -4.83. The van der Waals surface area contributed by atoms with Gasteiger partial charge in [-0.1, -0.05) is 12.1 Å². The fraction of sp³-hybridized carbons (Fsp3) is 0.333. The zero-order valence-corrected chi connectivity index (χ0v) is 14.4. The number of rotatable bonds is 4. The van der Waals surface area contributed by atoms with Crippen LogP contribution in [0.3, 0.4) is 0 Å². The van der Waals surface area contributed by atoms with E-state index >= 15 is 0 Å². The molecular formula is C18H16F3N3O3. The van der Waals surface area contributed by atoms with Crippen LogP contribution >= 0.6 is 0 Å². The van der Waals surface area contributed by atoms with Crippen LogP contribution in [-0.4, -0.2) is 28.0 Å². The molecule has 1 saturated heterocycles. The number of halogens is 3. The number of benzene rings is 1. The third kappa shape index (κ3) is 3.91. The lowest BCUT2D eigenvalue weighted by atomic mass is 10.1. The number of Topliss-reactive ketones (excluding diaryl/α,β-unsaturated/α-hetero) is 1. The average Bonchev–Trinajstić information content (AvgIpc) is 3.03. The minimum Gasteiger partial charge on any atom is -0.312 e. The number of aromatic nitrogens is 2. The summed E-state index contributed by atoms with van der Waals surface area (Å²) >= 11 is 0. The van der Waals surface area contributed by atoms with Crippen molar-refractivity contribution in [3.05, 3.63) is 57.5 Å². The molecule has 0 unspecified atom stereocenters. The Morgan fingerprint density at radius 2 is 1.96 bits per heavy atom. The molecule has 1 amide bonds. The van der Waals surface area contributed by atoms with E-state index in [1.165, 1.54) is 19.1 Å². The number of nitrogens with zero attached hydrogens (tertiary/aromatic N) is 3. The second-order valence-electron chi connectivity index (χ2n) is 6.28. The van der Waals surface area contributed by atoms with Gasteiger partial charge in [0.15, 0.2) is 5.78 Å². The van der Waals surface area contributed by atoms with E-state index in [9.17, 15) is 27.6 Å². The zero-order chi connectivity index (χ0) is 19.8. The molecule has 27 heavy (non-hydrogen) atoms. The molecule has 3 rings (SSSR count). The van der Waals surface area contributed by atoms with Gasteiger partial charge in [-0.2, -0.15) is 18.3 Å². The van der Waals surface area contributed by atoms with E-state index < -0.39 is 29.6 Å². The summed E-state index contributed by atoms with van der Waals surface area (Å²) in [7, 11) is 0. The van der Waals surface area contributed by atoms with E-state index in [0.29, 0.717) is 29.4 Å². The summed E-state index contributed by atoms with van der Waals surface area (Å²) in [5, 5.41) is 3.74. The van der Waals surface area contributed by atoms with Crippen molar-refractivity contribution >= 4 is 17.4 Å². The smallest absolute Gasteiger partial charge is 0.312 e. The Morgan fingerprint density at radius 3 is 2.59 bits per heavy atom. The molecule has 0 saturated carbocycles. The van der Waals surface area contributed by atoms with Crippen LogP contribution in [0, 0.1) is 6.92 Å².